The van der Waals surface area contributed by atoms with Gasteiger partial charge >= 0.3 is 0 Å². The average molecular weight is 433 g/mol. The zero-order valence-corrected chi connectivity index (χ0v) is 17.8. The molecule has 1 saturated heterocycles. The number of hydrogen-bond acceptors (Lipinski definition) is 6. The topological polar surface area (TPSA) is 124 Å². The second kappa shape index (κ2) is 7.63. The molecule has 4 rings (SSSR count). The highest BCUT2D eigenvalue weighted by molar-refractivity contribution is 6.30. The van der Waals surface area contributed by atoms with Crippen molar-refractivity contribution in [2.24, 2.45) is 11.3 Å². The molecule has 2 amide bonds. The lowest BCUT2D eigenvalue weighted by atomic mass is 9.88. The highest BCUT2D eigenvalue weighted by Gasteiger charge is 2.57. The number of piperidine rings is 1. The van der Waals surface area contributed by atoms with Gasteiger partial charge < -0.3 is 15.3 Å². The summed E-state index contributed by atoms with van der Waals surface area (Å²) in [6.07, 6.45) is 0.361. The van der Waals surface area contributed by atoms with E-state index in [-0.39, 0.29) is 24.4 Å². The number of aliphatic hydroxyl groups is 1. The predicted molar refractivity (Wildman–Crippen MR) is 109 cm³/mol. The molecular weight excluding hydrogens is 408 g/mol. The first kappa shape index (κ1) is 20.7. The summed E-state index contributed by atoms with van der Waals surface area (Å²) in [5, 5.41) is 27.9. The summed E-state index contributed by atoms with van der Waals surface area (Å²) < 4.78 is 0. The van der Waals surface area contributed by atoms with E-state index in [1.54, 1.807) is 23.1 Å². The number of benzene rings is 1. The lowest BCUT2D eigenvalue weighted by Gasteiger charge is -2.33. The molecule has 2 fully saturated rings. The van der Waals surface area contributed by atoms with Crippen molar-refractivity contribution >= 4 is 23.4 Å². The fourth-order valence-electron chi connectivity index (χ4n) is 4.02. The largest absolute Gasteiger partial charge is 0.383 e. The third-order valence-corrected chi connectivity index (χ3v) is 6.06. The molecule has 0 spiro atoms. The number of hydrogen-bond donors (Lipinski definition) is 3. The highest BCUT2D eigenvalue weighted by atomic mass is 35.5. The molecule has 1 aliphatic carbocycles. The Labute approximate surface area is 179 Å². The number of halogens is 1. The van der Waals surface area contributed by atoms with Crippen molar-refractivity contribution in [1.29, 1.82) is 0 Å². The summed E-state index contributed by atoms with van der Waals surface area (Å²) in [7, 11) is 0. The standard InChI is InChI=1S/C20H25ClN6O3/c1-20(2,3)16(28)19(30)27-14-7-10(14)8-15(27)18(29)22-9-11-6-12(21)4-5-13(11)17-23-25-26-24-17/h4-6,10,14-16,28H,7-9H2,1-3H3,(H,22,29)(H,23,24,25,26)/t10-,14-,15-,16-/m0/s1. The van der Waals surface area contributed by atoms with Gasteiger partial charge in [0.25, 0.3) is 5.91 Å². The number of amides is 2. The Balaban J connectivity index is 1.48. The van der Waals surface area contributed by atoms with Crippen molar-refractivity contribution in [2.45, 2.75) is 58.3 Å². The Kier molecular flexibility index (Phi) is 5.27. The van der Waals surface area contributed by atoms with E-state index in [1.807, 2.05) is 20.8 Å². The van der Waals surface area contributed by atoms with Gasteiger partial charge in [0.15, 0.2) is 0 Å². The van der Waals surface area contributed by atoms with Crippen LogP contribution in [0.2, 0.25) is 5.02 Å². The molecule has 1 saturated carbocycles. The van der Waals surface area contributed by atoms with Crippen LogP contribution in [0.25, 0.3) is 11.4 Å². The van der Waals surface area contributed by atoms with E-state index in [0.29, 0.717) is 28.7 Å². The Bertz CT molecular complexity index is 958. The molecular formula is C20H25ClN6O3. The van der Waals surface area contributed by atoms with Crippen LogP contribution in [0.5, 0.6) is 0 Å². The number of rotatable bonds is 5. The summed E-state index contributed by atoms with van der Waals surface area (Å²) in [5.41, 5.74) is 0.859. The minimum Gasteiger partial charge on any atom is -0.383 e. The van der Waals surface area contributed by atoms with Gasteiger partial charge in [-0.2, -0.15) is 5.21 Å². The number of aliphatic hydroxyl groups excluding tert-OH is 1. The van der Waals surface area contributed by atoms with Gasteiger partial charge in [0, 0.05) is 23.2 Å². The Morgan fingerprint density at radius 1 is 1.37 bits per heavy atom. The van der Waals surface area contributed by atoms with Gasteiger partial charge in [-0.3, -0.25) is 9.59 Å². The maximum Gasteiger partial charge on any atom is 0.252 e. The van der Waals surface area contributed by atoms with Gasteiger partial charge in [-0.1, -0.05) is 32.4 Å². The van der Waals surface area contributed by atoms with Crippen LogP contribution >= 0.6 is 11.6 Å². The molecule has 10 heteroatoms. The number of nitrogens with zero attached hydrogens (tertiary/aromatic N) is 4. The van der Waals surface area contributed by atoms with Crippen LogP contribution in [0.3, 0.4) is 0 Å². The second-order valence-corrected chi connectivity index (χ2v) is 9.52. The SMILES string of the molecule is CC(C)(C)[C@@H](O)C(=O)N1[C@H](C(=O)NCc2cc(Cl)ccc2-c2nn[nH]n2)C[C@@H]2C[C@@H]21. The zero-order chi connectivity index (χ0) is 21.6. The number of likely N-dealkylation sites (tertiary alicyclic amines) is 1. The van der Waals surface area contributed by atoms with Gasteiger partial charge in [0.1, 0.15) is 12.1 Å². The number of nitrogens with one attached hydrogen (secondary N) is 2. The molecule has 1 aromatic heterocycles. The molecule has 2 aliphatic rings. The van der Waals surface area contributed by atoms with E-state index < -0.39 is 17.6 Å². The summed E-state index contributed by atoms with van der Waals surface area (Å²) in [4.78, 5) is 27.5. The minimum atomic E-state index is -1.15. The van der Waals surface area contributed by atoms with Crippen molar-refractivity contribution in [3.8, 4) is 11.4 Å². The van der Waals surface area contributed by atoms with Crippen molar-refractivity contribution in [3.63, 3.8) is 0 Å². The molecule has 3 N–H and O–H groups in total. The molecule has 160 valence electrons. The molecule has 2 heterocycles. The summed E-state index contributed by atoms with van der Waals surface area (Å²) in [6, 6.07) is 4.70. The normalized spacial score (nSPS) is 23.8. The van der Waals surface area contributed by atoms with Gasteiger partial charge in [-0.25, -0.2) is 0 Å². The third-order valence-electron chi connectivity index (χ3n) is 5.82. The van der Waals surface area contributed by atoms with E-state index in [1.165, 1.54) is 0 Å². The number of aromatic nitrogens is 4. The van der Waals surface area contributed by atoms with Crippen LogP contribution in [0.4, 0.5) is 0 Å². The number of H-pyrrole nitrogens is 1. The molecule has 0 radical (unpaired) electrons. The summed E-state index contributed by atoms with van der Waals surface area (Å²) in [5.74, 6) is 0.125. The van der Waals surface area contributed by atoms with Crippen molar-refractivity contribution in [2.75, 3.05) is 0 Å². The number of carbonyl (C=O) groups excluding carboxylic acids is 2. The van der Waals surface area contributed by atoms with E-state index >= 15 is 0 Å². The summed E-state index contributed by atoms with van der Waals surface area (Å²) in [6.45, 7) is 5.64. The molecule has 0 bridgehead atoms. The molecule has 2 aromatic rings. The Morgan fingerprint density at radius 2 is 2.13 bits per heavy atom. The van der Waals surface area contributed by atoms with Crippen LogP contribution in [0.15, 0.2) is 18.2 Å². The molecule has 1 aliphatic heterocycles. The average Bonchev–Trinajstić information content (AvgIpc) is 3.09. The van der Waals surface area contributed by atoms with Gasteiger partial charge in [-0.15, -0.1) is 10.2 Å². The van der Waals surface area contributed by atoms with Crippen molar-refractivity contribution in [3.05, 3.63) is 28.8 Å². The molecule has 9 nitrogen and oxygen atoms in total. The lowest BCUT2D eigenvalue weighted by Crippen LogP contribution is -2.53. The maximum atomic E-state index is 13.0. The molecule has 30 heavy (non-hydrogen) atoms. The summed E-state index contributed by atoms with van der Waals surface area (Å²) >= 11 is 6.13. The van der Waals surface area contributed by atoms with E-state index in [0.717, 1.165) is 12.0 Å². The number of tetrazole rings is 1. The highest BCUT2D eigenvalue weighted by Crippen LogP contribution is 2.48. The van der Waals surface area contributed by atoms with Gasteiger partial charge in [0.05, 0.1) is 0 Å². The molecule has 0 unspecified atom stereocenters. The lowest BCUT2D eigenvalue weighted by molar-refractivity contribution is -0.151. The third kappa shape index (κ3) is 3.91. The monoisotopic (exact) mass is 432 g/mol. The molecule has 4 atom stereocenters. The smallest absolute Gasteiger partial charge is 0.252 e. The first-order valence-corrected chi connectivity index (χ1v) is 10.3. The quantitative estimate of drug-likeness (QED) is 0.658. The van der Waals surface area contributed by atoms with Crippen molar-refractivity contribution < 1.29 is 14.7 Å². The van der Waals surface area contributed by atoms with Crippen LogP contribution in [0, 0.1) is 11.3 Å². The Hall–Kier alpha value is -2.52. The minimum absolute atomic E-state index is 0.0475. The zero-order valence-electron chi connectivity index (χ0n) is 17.1. The van der Waals surface area contributed by atoms with Gasteiger partial charge in [-0.05, 0) is 53.2 Å². The van der Waals surface area contributed by atoms with Crippen molar-refractivity contribution in [1.82, 2.24) is 30.8 Å². The van der Waals surface area contributed by atoms with E-state index in [4.69, 9.17) is 11.6 Å². The van der Waals surface area contributed by atoms with Crippen LogP contribution in [0.1, 0.15) is 39.2 Å². The van der Waals surface area contributed by atoms with Crippen LogP contribution < -0.4 is 5.32 Å². The number of carbonyl (C=O) groups is 2. The van der Waals surface area contributed by atoms with E-state index in [2.05, 4.69) is 25.9 Å². The van der Waals surface area contributed by atoms with Gasteiger partial charge in [0.2, 0.25) is 11.7 Å². The maximum absolute atomic E-state index is 13.0. The number of aromatic amines is 1. The Morgan fingerprint density at radius 3 is 2.80 bits per heavy atom. The fourth-order valence-corrected chi connectivity index (χ4v) is 4.22. The second-order valence-electron chi connectivity index (χ2n) is 9.08. The number of fused-ring (bicyclic) bond motifs is 1. The first-order valence-electron chi connectivity index (χ1n) is 9.97. The fraction of sp³-hybridized carbons (Fsp3) is 0.550. The predicted octanol–water partition coefficient (Wildman–Crippen LogP) is 1.53. The van der Waals surface area contributed by atoms with Crippen LogP contribution in [-0.2, 0) is 16.1 Å². The van der Waals surface area contributed by atoms with Crippen LogP contribution in [-0.4, -0.2) is 60.6 Å². The first-order chi connectivity index (χ1) is 14.2. The van der Waals surface area contributed by atoms with E-state index in [9.17, 15) is 14.7 Å². The molecule has 1 aromatic carbocycles.